The van der Waals surface area contributed by atoms with E-state index in [1.807, 2.05) is 60.7 Å². The summed E-state index contributed by atoms with van der Waals surface area (Å²) in [5, 5.41) is 14.1. The molecule has 0 atom stereocenters. The molecule has 0 fully saturated rings. The van der Waals surface area contributed by atoms with E-state index in [1.54, 1.807) is 17.8 Å². The SMILES string of the molecule is O=C(O)/C=C/c1c2ccccc2c(Sc2ccc(Cl)cc2)c2ccccc12. The molecule has 0 aliphatic carbocycles. The van der Waals surface area contributed by atoms with E-state index in [2.05, 4.69) is 12.1 Å². The summed E-state index contributed by atoms with van der Waals surface area (Å²) in [6.45, 7) is 0. The Morgan fingerprint density at radius 3 is 1.85 bits per heavy atom. The zero-order valence-electron chi connectivity index (χ0n) is 14.2. The predicted molar refractivity (Wildman–Crippen MR) is 114 cm³/mol. The van der Waals surface area contributed by atoms with Crippen LogP contribution in [0.3, 0.4) is 0 Å². The maximum absolute atomic E-state index is 11.1. The van der Waals surface area contributed by atoms with Gasteiger partial charge in [0.2, 0.25) is 0 Å². The number of benzene rings is 4. The van der Waals surface area contributed by atoms with Gasteiger partial charge in [0.25, 0.3) is 0 Å². The van der Waals surface area contributed by atoms with E-state index < -0.39 is 5.97 Å². The van der Waals surface area contributed by atoms with E-state index in [4.69, 9.17) is 16.7 Å². The second-order valence-electron chi connectivity index (χ2n) is 6.06. The summed E-state index contributed by atoms with van der Waals surface area (Å²) in [6.07, 6.45) is 2.88. The highest BCUT2D eigenvalue weighted by Gasteiger charge is 2.13. The van der Waals surface area contributed by atoms with Crippen LogP contribution in [-0.4, -0.2) is 11.1 Å². The largest absolute Gasteiger partial charge is 0.478 e. The van der Waals surface area contributed by atoms with Gasteiger partial charge in [-0.15, -0.1) is 0 Å². The Labute approximate surface area is 166 Å². The maximum Gasteiger partial charge on any atom is 0.328 e. The van der Waals surface area contributed by atoms with E-state index in [1.165, 1.54) is 6.08 Å². The third kappa shape index (κ3) is 3.57. The molecule has 0 aliphatic heterocycles. The van der Waals surface area contributed by atoms with Gasteiger partial charge in [-0.25, -0.2) is 4.79 Å². The van der Waals surface area contributed by atoms with Crippen molar-refractivity contribution in [3.05, 3.63) is 89.5 Å². The molecule has 0 saturated heterocycles. The van der Waals surface area contributed by atoms with Crippen molar-refractivity contribution in [3.63, 3.8) is 0 Å². The summed E-state index contributed by atoms with van der Waals surface area (Å²) in [6, 6.07) is 24.0. The topological polar surface area (TPSA) is 37.3 Å². The Morgan fingerprint density at radius 1 is 0.815 bits per heavy atom. The summed E-state index contributed by atoms with van der Waals surface area (Å²) in [5.41, 5.74) is 0.920. The van der Waals surface area contributed by atoms with Gasteiger partial charge in [0, 0.05) is 20.9 Å². The van der Waals surface area contributed by atoms with Gasteiger partial charge < -0.3 is 5.11 Å². The molecule has 4 heteroatoms. The van der Waals surface area contributed by atoms with Crippen LogP contribution >= 0.6 is 23.4 Å². The predicted octanol–water partition coefficient (Wildman–Crippen LogP) is 6.90. The minimum Gasteiger partial charge on any atom is -0.478 e. The molecular formula is C23H15ClO2S. The molecule has 0 radical (unpaired) electrons. The summed E-state index contributed by atoms with van der Waals surface area (Å²) in [5.74, 6) is -0.956. The normalized spacial score (nSPS) is 11.4. The van der Waals surface area contributed by atoms with Crippen LogP contribution in [0.2, 0.25) is 5.02 Å². The van der Waals surface area contributed by atoms with Gasteiger partial charge in [-0.2, -0.15) is 0 Å². The molecule has 0 heterocycles. The standard InChI is InChI=1S/C23H15ClO2S/c24-15-9-11-16(12-10-15)27-23-20-7-3-1-5-17(20)19(13-14-22(25)26)18-6-2-4-8-21(18)23/h1-14H,(H,25,26)/b14-13+. The number of hydrogen-bond donors (Lipinski definition) is 1. The molecule has 0 aliphatic rings. The van der Waals surface area contributed by atoms with Crippen LogP contribution in [0.25, 0.3) is 27.6 Å². The maximum atomic E-state index is 11.1. The quantitative estimate of drug-likeness (QED) is 0.304. The van der Waals surface area contributed by atoms with E-state index in [0.717, 1.165) is 36.9 Å². The van der Waals surface area contributed by atoms with Gasteiger partial charge in [0.15, 0.2) is 0 Å². The van der Waals surface area contributed by atoms with E-state index in [0.29, 0.717) is 5.02 Å². The lowest BCUT2D eigenvalue weighted by Crippen LogP contribution is -1.90. The van der Waals surface area contributed by atoms with Gasteiger partial charge in [0.1, 0.15) is 0 Å². The average molecular weight is 391 g/mol. The first kappa shape index (κ1) is 17.7. The molecule has 1 N–H and O–H groups in total. The second-order valence-corrected chi connectivity index (χ2v) is 7.58. The van der Waals surface area contributed by atoms with Crippen molar-refractivity contribution >= 4 is 57.0 Å². The fourth-order valence-corrected chi connectivity index (χ4v) is 4.40. The summed E-state index contributed by atoms with van der Waals surface area (Å²) in [7, 11) is 0. The number of halogens is 1. The van der Waals surface area contributed by atoms with Crippen molar-refractivity contribution in [2.45, 2.75) is 9.79 Å². The lowest BCUT2D eigenvalue weighted by Gasteiger charge is -2.15. The molecule has 27 heavy (non-hydrogen) atoms. The zero-order valence-corrected chi connectivity index (χ0v) is 15.8. The molecular weight excluding hydrogens is 376 g/mol. The monoisotopic (exact) mass is 390 g/mol. The smallest absolute Gasteiger partial charge is 0.328 e. The lowest BCUT2D eigenvalue weighted by atomic mass is 9.96. The summed E-state index contributed by atoms with van der Waals surface area (Å²) in [4.78, 5) is 13.3. The highest BCUT2D eigenvalue weighted by Crippen LogP contribution is 2.42. The fraction of sp³-hybridized carbons (Fsp3) is 0. The molecule has 4 aromatic rings. The van der Waals surface area contributed by atoms with Gasteiger partial charge in [-0.3, -0.25) is 0 Å². The van der Waals surface area contributed by atoms with Gasteiger partial charge >= 0.3 is 5.97 Å². The van der Waals surface area contributed by atoms with Crippen molar-refractivity contribution in [1.82, 2.24) is 0 Å². The Balaban J connectivity index is 2.02. The number of fused-ring (bicyclic) bond motifs is 2. The molecule has 132 valence electrons. The first-order valence-corrected chi connectivity index (χ1v) is 9.61. The van der Waals surface area contributed by atoms with E-state index in [9.17, 15) is 4.79 Å². The van der Waals surface area contributed by atoms with Gasteiger partial charge in [-0.05, 0) is 57.4 Å². The van der Waals surface area contributed by atoms with E-state index >= 15 is 0 Å². The van der Waals surface area contributed by atoms with E-state index in [-0.39, 0.29) is 0 Å². The van der Waals surface area contributed by atoms with Crippen LogP contribution < -0.4 is 0 Å². The van der Waals surface area contributed by atoms with Gasteiger partial charge in [0.05, 0.1) is 0 Å². The number of aliphatic carboxylic acids is 1. The van der Waals surface area contributed by atoms with Crippen molar-refractivity contribution in [1.29, 1.82) is 0 Å². The molecule has 0 spiro atoms. The lowest BCUT2D eigenvalue weighted by molar-refractivity contribution is -0.131. The Hall–Kier alpha value is -2.75. The minimum atomic E-state index is -0.956. The van der Waals surface area contributed by atoms with Crippen LogP contribution in [0, 0.1) is 0 Å². The van der Waals surface area contributed by atoms with Crippen LogP contribution in [-0.2, 0) is 4.79 Å². The molecule has 0 bridgehead atoms. The number of carboxylic acid groups (broad SMARTS) is 1. The summed E-state index contributed by atoms with van der Waals surface area (Å²) >= 11 is 7.71. The molecule has 4 aromatic carbocycles. The van der Waals surface area contributed by atoms with Crippen molar-refractivity contribution < 1.29 is 9.90 Å². The third-order valence-corrected chi connectivity index (χ3v) is 5.75. The van der Waals surface area contributed by atoms with Crippen molar-refractivity contribution in [3.8, 4) is 0 Å². The number of rotatable bonds is 4. The Bertz CT molecular complexity index is 1120. The molecule has 0 unspecified atom stereocenters. The number of carbonyl (C=O) groups is 1. The highest BCUT2D eigenvalue weighted by atomic mass is 35.5. The number of carboxylic acids is 1. The molecule has 0 amide bonds. The molecule has 0 saturated carbocycles. The fourth-order valence-electron chi connectivity index (χ4n) is 3.19. The second kappa shape index (κ2) is 7.47. The third-order valence-electron chi connectivity index (χ3n) is 4.35. The first-order valence-electron chi connectivity index (χ1n) is 8.41. The molecule has 0 aromatic heterocycles. The zero-order chi connectivity index (χ0) is 18.8. The van der Waals surface area contributed by atoms with Crippen molar-refractivity contribution in [2.24, 2.45) is 0 Å². The number of hydrogen-bond acceptors (Lipinski definition) is 2. The average Bonchev–Trinajstić information content (AvgIpc) is 2.68. The Kier molecular flexibility index (Phi) is 4.88. The van der Waals surface area contributed by atoms with Gasteiger partial charge in [-0.1, -0.05) is 71.9 Å². The molecule has 4 rings (SSSR count). The van der Waals surface area contributed by atoms with Crippen molar-refractivity contribution in [2.75, 3.05) is 0 Å². The first-order chi connectivity index (χ1) is 13.1. The molecule has 2 nitrogen and oxygen atoms in total. The van der Waals surface area contributed by atoms with Crippen LogP contribution in [0.1, 0.15) is 5.56 Å². The van der Waals surface area contributed by atoms with Crippen LogP contribution in [0.5, 0.6) is 0 Å². The minimum absolute atomic E-state index is 0.711. The summed E-state index contributed by atoms with van der Waals surface area (Å²) < 4.78 is 0. The highest BCUT2D eigenvalue weighted by molar-refractivity contribution is 7.99. The van der Waals surface area contributed by atoms with Crippen LogP contribution in [0.15, 0.2) is 88.7 Å². The Morgan fingerprint density at radius 2 is 1.33 bits per heavy atom. The van der Waals surface area contributed by atoms with Crippen LogP contribution in [0.4, 0.5) is 0 Å².